The van der Waals surface area contributed by atoms with Gasteiger partial charge in [-0.1, -0.05) is 30.3 Å². The maximum Gasteiger partial charge on any atom is 0.271 e. The predicted molar refractivity (Wildman–Crippen MR) is 102 cm³/mol. The SMILES string of the molecule is CC(C)N1C(=O)c2ccccc2N2C(=O)CC[C@]21C(=O)Nc1ccccc1. The van der Waals surface area contributed by atoms with Gasteiger partial charge in [0.05, 0.1) is 11.3 Å². The van der Waals surface area contributed by atoms with Crippen molar-refractivity contribution < 1.29 is 14.4 Å². The first-order valence-corrected chi connectivity index (χ1v) is 9.09. The van der Waals surface area contributed by atoms with E-state index in [0.29, 0.717) is 16.9 Å². The summed E-state index contributed by atoms with van der Waals surface area (Å²) in [6.07, 6.45) is 0.482. The lowest BCUT2D eigenvalue weighted by Crippen LogP contribution is -2.70. The third kappa shape index (κ3) is 2.44. The highest BCUT2D eigenvalue weighted by molar-refractivity contribution is 6.18. The summed E-state index contributed by atoms with van der Waals surface area (Å²) in [6.45, 7) is 3.73. The van der Waals surface area contributed by atoms with E-state index >= 15 is 0 Å². The van der Waals surface area contributed by atoms with Crippen LogP contribution < -0.4 is 10.2 Å². The van der Waals surface area contributed by atoms with Crippen LogP contribution in [0.2, 0.25) is 0 Å². The molecule has 6 heteroatoms. The Morgan fingerprint density at radius 1 is 1.04 bits per heavy atom. The van der Waals surface area contributed by atoms with Gasteiger partial charge in [-0.2, -0.15) is 0 Å². The summed E-state index contributed by atoms with van der Waals surface area (Å²) < 4.78 is 0. The van der Waals surface area contributed by atoms with Crippen molar-refractivity contribution in [3.05, 3.63) is 60.2 Å². The molecule has 3 amide bonds. The van der Waals surface area contributed by atoms with Gasteiger partial charge in [-0.15, -0.1) is 0 Å². The number of nitrogens with one attached hydrogen (secondary N) is 1. The fourth-order valence-electron chi connectivity index (χ4n) is 4.16. The Morgan fingerprint density at radius 2 is 1.70 bits per heavy atom. The van der Waals surface area contributed by atoms with E-state index in [1.54, 1.807) is 41.3 Å². The quantitative estimate of drug-likeness (QED) is 0.911. The van der Waals surface area contributed by atoms with E-state index in [9.17, 15) is 14.4 Å². The molecule has 0 aromatic heterocycles. The molecule has 1 saturated heterocycles. The normalized spacial score (nSPS) is 21.3. The second-order valence-electron chi connectivity index (χ2n) is 7.15. The van der Waals surface area contributed by atoms with Crippen LogP contribution in [-0.4, -0.2) is 34.3 Å². The van der Waals surface area contributed by atoms with Crippen molar-refractivity contribution in [3.63, 3.8) is 0 Å². The number of fused-ring (bicyclic) bond motifs is 3. The minimum absolute atomic E-state index is 0.149. The van der Waals surface area contributed by atoms with Crippen molar-refractivity contribution in [2.24, 2.45) is 0 Å². The summed E-state index contributed by atoms with van der Waals surface area (Å²) in [6, 6.07) is 15.8. The number of carbonyl (C=O) groups excluding carboxylic acids is 3. The Balaban J connectivity index is 1.88. The fourth-order valence-corrected chi connectivity index (χ4v) is 4.16. The molecular weight excluding hydrogens is 342 g/mol. The summed E-state index contributed by atoms with van der Waals surface area (Å²) >= 11 is 0. The first-order chi connectivity index (χ1) is 13.0. The summed E-state index contributed by atoms with van der Waals surface area (Å²) in [5, 5.41) is 2.90. The van der Waals surface area contributed by atoms with E-state index in [1.807, 2.05) is 32.0 Å². The van der Waals surface area contributed by atoms with Crippen molar-refractivity contribution in [3.8, 4) is 0 Å². The third-order valence-corrected chi connectivity index (χ3v) is 5.21. The molecule has 0 spiro atoms. The van der Waals surface area contributed by atoms with Gasteiger partial charge in [0.25, 0.3) is 11.8 Å². The minimum atomic E-state index is -1.35. The van der Waals surface area contributed by atoms with E-state index < -0.39 is 5.66 Å². The predicted octanol–water partition coefficient (Wildman–Crippen LogP) is 3.01. The van der Waals surface area contributed by atoms with Gasteiger partial charge < -0.3 is 10.2 Å². The zero-order valence-electron chi connectivity index (χ0n) is 15.3. The van der Waals surface area contributed by atoms with Gasteiger partial charge in [-0.3, -0.25) is 19.3 Å². The Bertz CT molecular complexity index is 925. The van der Waals surface area contributed by atoms with Crippen molar-refractivity contribution in [1.29, 1.82) is 0 Å². The van der Waals surface area contributed by atoms with Gasteiger partial charge >= 0.3 is 0 Å². The Hall–Kier alpha value is -3.15. The standard InChI is InChI=1S/C21H21N3O3/c1-14(2)23-19(26)16-10-6-7-11-17(16)24-18(25)12-13-21(23,24)20(27)22-15-8-4-3-5-9-15/h3-11,14H,12-13H2,1-2H3,(H,22,27)/t21-/m1/s1. The van der Waals surface area contributed by atoms with Crippen LogP contribution in [0, 0.1) is 0 Å². The van der Waals surface area contributed by atoms with E-state index in [2.05, 4.69) is 5.32 Å². The number of rotatable bonds is 3. The summed E-state index contributed by atoms with van der Waals surface area (Å²) in [7, 11) is 0. The van der Waals surface area contributed by atoms with Gasteiger partial charge in [0, 0.05) is 24.6 Å². The fraction of sp³-hybridized carbons (Fsp3) is 0.286. The number of nitrogens with zero attached hydrogens (tertiary/aromatic N) is 2. The van der Waals surface area contributed by atoms with Crippen molar-refractivity contribution in [1.82, 2.24) is 4.90 Å². The number of carbonyl (C=O) groups is 3. The molecule has 0 aliphatic carbocycles. The number of para-hydroxylation sites is 2. The second kappa shape index (κ2) is 6.23. The van der Waals surface area contributed by atoms with Gasteiger partial charge in [-0.25, -0.2) is 0 Å². The molecule has 0 radical (unpaired) electrons. The van der Waals surface area contributed by atoms with Crippen LogP contribution in [-0.2, 0) is 9.59 Å². The Kier molecular flexibility index (Phi) is 3.98. The first kappa shape index (κ1) is 17.3. The Morgan fingerprint density at radius 3 is 2.41 bits per heavy atom. The van der Waals surface area contributed by atoms with Crippen LogP contribution >= 0.6 is 0 Å². The van der Waals surface area contributed by atoms with Crippen LogP contribution in [0.3, 0.4) is 0 Å². The molecule has 0 unspecified atom stereocenters. The van der Waals surface area contributed by atoms with Crippen molar-refractivity contribution in [2.75, 3.05) is 10.2 Å². The average Bonchev–Trinajstić information content (AvgIpc) is 3.01. The van der Waals surface area contributed by atoms with Crippen LogP contribution in [0.25, 0.3) is 0 Å². The molecule has 4 rings (SSSR count). The lowest BCUT2D eigenvalue weighted by atomic mass is 9.94. The van der Waals surface area contributed by atoms with Crippen molar-refractivity contribution in [2.45, 2.75) is 38.4 Å². The number of benzene rings is 2. The highest BCUT2D eigenvalue weighted by Crippen LogP contribution is 2.45. The third-order valence-electron chi connectivity index (χ3n) is 5.21. The maximum atomic E-state index is 13.5. The van der Waals surface area contributed by atoms with Gasteiger partial charge in [0.2, 0.25) is 11.6 Å². The zero-order chi connectivity index (χ0) is 19.2. The maximum absolute atomic E-state index is 13.5. The first-order valence-electron chi connectivity index (χ1n) is 9.09. The average molecular weight is 363 g/mol. The second-order valence-corrected chi connectivity index (χ2v) is 7.15. The lowest BCUT2D eigenvalue weighted by Gasteiger charge is -2.50. The topological polar surface area (TPSA) is 69.7 Å². The monoisotopic (exact) mass is 363 g/mol. The molecule has 2 aliphatic heterocycles. The largest absolute Gasteiger partial charge is 0.322 e. The molecule has 1 atom stereocenters. The summed E-state index contributed by atoms with van der Waals surface area (Å²) in [5.41, 5.74) is 0.230. The van der Waals surface area contributed by atoms with E-state index in [4.69, 9.17) is 0 Å². The van der Waals surface area contributed by atoms with E-state index in [1.165, 1.54) is 4.90 Å². The molecule has 2 aromatic rings. The summed E-state index contributed by atoms with van der Waals surface area (Å²) in [4.78, 5) is 42.7. The highest BCUT2D eigenvalue weighted by atomic mass is 16.2. The zero-order valence-corrected chi connectivity index (χ0v) is 15.3. The molecule has 0 saturated carbocycles. The number of hydrogen-bond donors (Lipinski definition) is 1. The molecule has 27 heavy (non-hydrogen) atoms. The van der Waals surface area contributed by atoms with Gasteiger partial charge in [-0.05, 0) is 38.1 Å². The van der Waals surface area contributed by atoms with Crippen molar-refractivity contribution >= 4 is 29.1 Å². The number of amides is 3. The summed E-state index contributed by atoms with van der Waals surface area (Å²) in [5.74, 6) is -0.741. The van der Waals surface area contributed by atoms with Crippen LogP contribution in [0.5, 0.6) is 0 Å². The van der Waals surface area contributed by atoms with E-state index in [0.717, 1.165) is 0 Å². The molecule has 6 nitrogen and oxygen atoms in total. The van der Waals surface area contributed by atoms with Crippen LogP contribution in [0.15, 0.2) is 54.6 Å². The van der Waals surface area contributed by atoms with Crippen LogP contribution in [0.4, 0.5) is 11.4 Å². The van der Waals surface area contributed by atoms with Gasteiger partial charge in [0.1, 0.15) is 0 Å². The van der Waals surface area contributed by atoms with E-state index in [-0.39, 0.29) is 36.6 Å². The highest BCUT2D eigenvalue weighted by Gasteiger charge is 2.61. The number of anilines is 2. The minimum Gasteiger partial charge on any atom is -0.322 e. The Labute approximate surface area is 157 Å². The molecule has 1 fully saturated rings. The molecule has 1 N–H and O–H groups in total. The molecular formula is C21H21N3O3. The van der Waals surface area contributed by atoms with Crippen LogP contribution in [0.1, 0.15) is 37.0 Å². The molecule has 2 heterocycles. The number of hydrogen-bond acceptors (Lipinski definition) is 3. The smallest absolute Gasteiger partial charge is 0.271 e. The molecule has 2 aromatic carbocycles. The van der Waals surface area contributed by atoms with Gasteiger partial charge in [0.15, 0.2) is 0 Å². The molecule has 138 valence electrons. The molecule has 0 bridgehead atoms. The molecule has 2 aliphatic rings. The lowest BCUT2D eigenvalue weighted by molar-refractivity contribution is -0.129.